The van der Waals surface area contributed by atoms with E-state index in [1.54, 1.807) is 18.5 Å². The van der Waals surface area contributed by atoms with Gasteiger partial charge in [-0.3, -0.25) is 9.36 Å². The van der Waals surface area contributed by atoms with Crippen molar-refractivity contribution < 1.29 is 0 Å². The van der Waals surface area contributed by atoms with Gasteiger partial charge in [0.05, 0.1) is 0 Å². The summed E-state index contributed by atoms with van der Waals surface area (Å²) in [6, 6.07) is 5.06. The number of hydrogen-bond acceptors (Lipinski definition) is 3. The molecule has 66 valence electrons. The lowest BCUT2D eigenvalue weighted by Crippen LogP contribution is -2.14. The molecule has 0 N–H and O–H groups in total. The Bertz CT molecular complexity index is 472. The van der Waals surface area contributed by atoms with Crippen molar-refractivity contribution in [3.8, 4) is 5.13 Å². The molecule has 0 bridgehead atoms. The lowest BCUT2D eigenvalue weighted by atomic mass is 10.5. The molecule has 0 amide bonds. The number of hydrogen-bond donors (Lipinski definition) is 0. The summed E-state index contributed by atoms with van der Waals surface area (Å²) in [5.74, 6) is 0. The fraction of sp³-hybridized carbons (Fsp3) is 0.111. The van der Waals surface area contributed by atoms with Crippen LogP contribution in [0, 0.1) is 6.92 Å². The van der Waals surface area contributed by atoms with E-state index in [1.165, 1.54) is 22.0 Å². The summed E-state index contributed by atoms with van der Waals surface area (Å²) in [5.41, 5.74) is -0.0446. The third-order valence-electron chi connectivity index (χ3n) is 1.64. The Labute approximate surface area is 79.3 Å². The van der Waals surface area contributed by atoms with E-state index < -0.39 is 0 Å². The average Bonchev–Trinajstić information content (AvgIpc) is 2.53. The van der Waals surface area contributed by atoms with Gasteiger partial charge in [-0.25, -0.2) is 4.98 Å². The van der Waals surface area contributed by atoms with Crippen molar-refractivity contribution in [3.05, 3.63) is 45.8 Å². The molecule has 0 aromatic carbocycles. The first-order valence-corrected chi connectivity index (χ1v) is 4.69. The van der Waals surface area contributed by atoms with Crippen molar-refractivity contribution in [3.63, 3.8) is 0 Å². The zero-order chi connectivity index (χ0) is 9.26. The zero-order valence-electron chi connectivity index (χ0n) is 7.10. The smallest absolute Gasteiger partial charge is 0.256 e. The highest BCUT2D eigenvalue weighted by Crippen LogP contribution is 2.13. The van der Waals surface area contributed by atoms with Crippen molar-refractivity contribution in [2.45, 2.75) is 6.92 Å². The van der Waals surface area contributed by atoms with E-state index in [2.05, 4.69) is 4.98 Å². The quantitative estimate of drug-likeness (QED) is 0.688. The number of nitrogens with zero attached hydrogens (tertiary/aromatic N) is 2. The lowest BCUT2D eigenvalue weighted by Gasteiger charge is -1.97. The zero-order valence-corrected chi connectivity index (χ0v) is 7.91. The summed E-state index contributed by atoms with van der Waals surface area (Å²) in [4.78, 5) is 16.6. The molecular weight excluding hydrogens is 184 g/mol. The van der Waals surface area contributed by atoms with Crippen LogP contribution in [0.25, 0.3) is 5.13 Å². The van der Waals surface area contributed by atoms with Crippen LogP contribution in [0.15, 0.2) is 35.4 Å². The van der Waals surface area contributed by atoms with Gasteiger partial charge in [0.15, 0.2) is 5.13 Å². The van der Waals surface area contributed by atoms with E-state index >= 15 is 0 Å². The Morgan fingerprint density at radius 1 is 1.46 bits per heavy atom. The summed E-state index contributed by atoms with van der Waals surface area (Å²) >= 11 is 1.51. The topological polar surface area (TPSA) is 34.9 Å². The molecular formula is C9H8N2OS. The molecule has 0 saturated heterocycles. The normalized spacial score (nSPS) is 10.2. The second kappa shape index (κ2) is 3.14. The minimum atomic E-state index is -0.0446. The van der Waals surface area contributed by atoms with Crippen molar-refractivity contribution in [2.75, 3.05) is 0 Å². The highest BCUT2D eigenvalue weighted by atomic mass is 32.1. The first kappa shape index (κ1) is 8.19. The summed E-state index contributed by atoms with van der Waals surface area (Å²) in [6.45, 7) is 1.97. The first-order chi connectivity index (χ1) is 6.27. The molecule has 0 fully saturated rings. The van der Waals surface area contributed by atoms with Crippen molar-refractivity contribution in [1.82, 2.24) is 9.55 Å². The summed E-state index contributed by atoms with van der Waals surface area (Å²) in [5, 5.41) is 0.725. The van der Waals surface area contributed by atoms with Crippen LogP contribution in [-0.2, 0) is 0 Å². The van der Waals surface area contributed by atoms with Crippen LogP contribution in [0.4, 0.5) is 0 Å². The molecule has 2 heterocycles. The largest absolute Gasteiger partial charge is 0.269 e. The summed E-state index contributed by atoms with van der Waals surface area (Å²) < 4.78 is 1.54. The molecule has 0 spiro atoms. The maximum absolute atomic E-state index is 11.4. The van der Waals surface area contributed by atoms with Gasteiger partial charge in [0.1, 0.15) is 0 Å². The van der Waals surface area contributed by atoms with Crippen LogP contribution in [0.3, 0.4) is 0 Å². The fourth-order valence-electron chi connectivity index (χ4n) is 1.04. The van der Waals surface area contributed by atoms with Gasteiger partial charge in [-0.05, 0) is 13.0 Å². The Kier molecular flexibility index (Phi) is 1.98. The Balaban J connectivity index is 2.59. The van der Waals surface area contributed by atoms with Crippen molar-refractivity contribution in [2.24, 2.45) is 0 Å². The molecule has 2 rings (SSSR count). The van der Waals surface area contributed by atoms with Gasteiger partial charge in [-0.15, -0.1) is 11.3 Å². The fourth-order valence-corrected chi connectivity index (χ4v) is 1.79. The average molecular weight is 192 g/mol. The lowest BCUT2D eigenvalue weighted by molar-refractivity contribution is 0.972. The minimum Gasteiger partial charge on any atom is -0.269 e. The predicted molar refractivity (Wildman–Crippen MR) is 52.4 cm³/mol. The van der Waals surface area contributed by atoms with Crippen LogP contribution in [-0.4, -0.2) is 9.55 Å². The summed E-state index contributed by atoms with van der Waals surface area (Å²) in [7, 11) is 0. The molecule has 0 aliphatic carbocycles. The molecule has 2 aromatic rings. The highest BCUT2D eigenvalue weighted by molar-refractivity contribution is 7.13. The standard InChI is InChI=1S/C9H8N2OS/c1-7-6-10-9(13-7)11-5-3-2-4-8(11)12/h2-6H,1H3. The Morgan fingerprint density at radius 3 is 2.92 bits per heavy atom. The van der Waals surface area contributed by atoms with E-state index in [0.717, 1.165) is 10.0 Å². The van der Waals surface area contributed by atoms with Crippen LogP contribution in [0.1, 0.15) is 4.88 Å². The maximum atomic E-state index is 11.4. The Morgan fingerprint density at radius 2 is 2.31 bits per heavy atom. The van der Waals surface area contributed by atoms with E-state index in [4.69, 9.17) is 0 Å². The maximum Gasteiger partial charge on any atom is 0.256 e. The number of thiazole rings is 1. The first-order valence-electron chi connectivity index (χ1n) is 3.88. The monoisotopic (exact) mass is 192 g/mol. The minimum absolute atomic E-state index is 0.0446. The highest BCUT2D eigenvalue weighted by Gasteiger charge is 2.01. The van der Waals surface area contributed by atoms with Crippen LogP contribution >= 0.6 is 11.3 Å². The molecule has 4 heteroatoms. The van der Waals surface area contributed by atoms with Gasteiger partial charge in [-0.2, -0.15) is 0 Å². The number of rotatable bonds is 1. The second-order valence-electron chi connectivity index (χ2n) is 2.66. The van der Waals surface area contributed by atoms with Crippen LogP contribution < -0.4 is 5.56 Å². The van der Waals surface area contributed by atoms with E-state index in [0.29, 0.717) is 0 Å². The van der Waals surface area contributed by atoms with Crippen LogP contribution in [0.2, 0.25) is 0 Å². The van der Waals surface area contributed by atoms with Gasteiger partial charge < -0.3 is 0 Å². The van der Waals surface area contributed by atoms with Gasteiger partial charge in [0.2, 0.25) is 0 Å². The molecule has 3 nitrogen and oxygen atoms in total. The SMILES string of the molecule is Cc1cnc(-n2ccccc2=O)s1. The second-order valence-corrected chi connectivity index (χ2v) is 3.88. The van der Waals surface area contributed by atoms with Crippen LogP contribution in [0.5, 0.6) is 0 Å². The summed E-state index contributed by atoms with van der Waals surface area (Å²) in [6.07, 6.45) is 3.49. The molecule has 2 aromatic heterocycles. The third kappa shape index (κ3) is 1.53. The van der Waals surface area contributed by atoms with Gasteiger partial charge in [0, 0.05) is 23.3 Å². The molecule has 13 heavy (non-hydrogen) atoms. The molecule has 0 aliphatic heterocycles. The third-order valence-corrected chi connectivity index (χ3v) is 2.55. The molecule has 0 unspecified atom stereocenters. The van der Waals surface area contributed by atoms with Crippen molar-refractivity contribution in [1.29, 1.82) is 0 Å². The Hall–Kier alpha value is -1.42. The van der Waals surface area contributed by atoms with E-state index in [-0.39, 0.29) is 5.56 Å². The van der Waals surface area contributed by atoms with Gasteiger partial charge in [0.25, 0.3) is 5.56 Å². The molecule has 0 saturated carbocycles. The van der Waals surface area contributed by atoms with E-state index in [1.807, 2.05) is 13.0 Å². The number of aryl methyl sites for hydroxylation is 1. The molecule has 0 radical (unpaired) electrons. The van der Waals surface area contributed by atoms with Crippen molar-refractivity contribution >= 4 is 11.3 Å². The molecule has 0 aliphatic rings. The van der Waals surface area contributed by atoms with E-state index in [9.17, 15) is 4.79 Å². The predicted octanol–water partition coefficient (Wildman–Crippen LogP) is 1.60. The number of aromatic nitrogens is 2. The molecule has 0 atom stereocenters. The number of pyridine rings is 1. The van der Waals surface area contributed by atoms with Gasteiger partial charge >= 0.3 is 0 Å². The van der Waals surface area contributed by atoms with Gasteiger partial charge in [-0.1, -0.05) is 6.07 Å².